The van der Waals surface area contributed by atoms with Crippen LogP contribution in [0.15, 0.2) is 30.3 Å². The number of allylic oxidation sites excluding steroid dienone is 1. The number of rotatable bonds is 8. The summed E-state index contributed by atoms with van der Waals surface area (Å²) in [5.41, 5.74) is 1.49. The van der Waals surface area contributed by atoms with Gasteiger partial charge in [-0.3, -0.25) is 10.00 Å². The minimum absolute atomic E-state index is 0.0704. The molecule has 1 aromatic carbocycles. The van der Waals surface area contributed by atoms with Crippen molar-refractivity contribution in [1.29, 1.82) is 0 Å². The van der Waals surface area contributed by atoms with Crippen LogP contribution < -0.4 is 15.0 Å². The molecule has 194 valence electrons. The molecule has 0 atom stereocenters. The second kappa shape index (κ2) is 10.5. The van der Waals surface area contributed by atoms with Crippen molar-refractivity contribution >= 4 is 34.4 Å². The van der Waals surface area contributed by atoms with Gasteiger partial charge in [0.25, 0.3) is 0 Å². The van der Waals surface area contributed by atoms with Crippen LogP contribution in [0.3, 0.4) is 0 Å². The van der Waals surface area contributed by atoms with Gasteiger partial charge in [-0.15, -0.1) is 0 Å². The summed E-state index contributed by atoms with van der Waals surface area (Å²) in [4.78, 5) is 15.7. The molecule has 0 saturated carbocycles. The first-order valence-electron chi connectivity index (χ1n) is 12.0. The lowest BCUT2D eigenvalue weighted by atomic mass is 10.2. The molecule has 1 aliphatic heterocycles. The number of piperazine rings is 1. The highest BCUT2D eigenvalue weighted by molar-refractivity contribution is 5.83. The monoisotopic (exact) mass is 512 g/mol. The van der Waals surface area contributed by atoms with E-state index in [0.29, 0.717) is 55.9 Å². The number of halogens is 3. The Hall–Kier alpha value is -4.06. The zero-order valence-corrected chi connectivity index (χ0v) is 20.5. The van der Waals surface area contributed by atoms with Crippen molar-refractivity contribution in [2.75, 3.05) is 49.6 Å². The van der Waals surface area contributed by atoms with Crippen LogP contribution in [-0.4, -0.2) is 69.4 Å². The maximum absolute atomic E-state index is 15.2. The molecule has 0 unspecified atom stereocenters. The molecule has 12 heteroatoms. The fraction of sp³-hybridized carbons (Fsp3) is 0.320. The number of benzene rings is 1. The van der Waals surface area contributed by atoms with Crippen LogP contribution >= 0.6 is 0 Å². The van der Waals surface area contributed by atoms with Crippen LogP contribution in [0.25, 0.3) is 17.0 Å². The number of nitrogens with one attached hydrogen (secondary N) is 3. The van der Waals surface area contributed by atoms with Crippen molar-refractivity contribution in [1.82, 2.24) is 30.0 Å². The van der Waals surface area contributed by atoms with Crippen molar-refractivity contribution in [2.45, 2.75) is 13.8 Å². The predicted molar refractivity (Wildman–Crippen MR) is 136 cm³/mol. The molecule has 0 aliphatic carbocycles. The van der Waals surface area contributed by atoms with E-state index in [-0.39, 0.29) is 22.7 Å². The largest absolute Gasteiger partial charge is 0.421 e. The lowest BCUT2D eigenvalue weighted by Gasteiger charge is -2.35. The Kier molecular flexibility index (Phi) is 6.99. The van der Waals surface area contributed by atoms with Gasteiger partial charge in [0.05, 0.1) is 11.2 Å². The van der Waals surface area contributed by atoms with Gasteiger partial charge >= 0.3 is 6.01 Å². The zero-order chi connectivity index (χ0) is 25.9. The quantitative estimate of drug-likeness (QED) is 0.308. The lowest BCUT2D eigenvalue weighted by Crippen LogP contribution is -2.47. The first-order chi connectivity index (χ1) is 17.9. The molecule has 3 aromatic heterocycles. The van der Waals surface area contributed by atoms with E-state index in [1.807, 2.05) is 28.9 Å². The normalized spacial score (nSPS) is 14.7. The van der Waals surface area contributed by atoms with Crippen molar-refractivity contribution in [2.24, 2.45) is 0 Å². The summed E-state index contributed by atoms with van der Waals surface area (Å²) in [6, 6.07) is 5.87. The molecule has 3 N–H and O–H groups in total. The lowest BCUT2D eigenvalue weighted by molar-refractivity contribution is 0.235. The summed E-state index contributed by atoms with van der Waals surface area (Å²) in [7, 11) is 0. The number of hydrogen-bond acceptors (Lipinski definition) is 7. The maximum Gasteiger partial charge on any atom is 0.326 e. The number of aryl methyl sites for hydroxylation is 1. The van der Waals surface area contributed by atoms with E-state index in [1.54, 1.807) is 19.1 Å². The van der Waals surface area contributed by atoms with Gasteiger partial charge in [0.2, 0.25) is 0 Å². The van der Waals surface area contributed by atoms with Crippen molar-refractivity contribution in [3.05, 3.63) is 53.4 Å². The van der Waals surface area contributed by atoms with E-state index < -0.39 is 18.3 Å². The number of anilines is 3. The van der Waals surface area contributed by atoms with E-state index in [1.165, 1.54) is 6.07 Å². The fourth-order valence-electron chi connectivity index (χ4n) is 4.31. The Balaban J connectivity index is 1.47. The number of aromatic amines is 2. The number of alkyl halides is 1. The molecule has 0 spiro atoms. The summed E-state index contributed by atoms with van der Waals surface area (Å²) in [5.74, 6) is -0.272. The van der Waals surface area contributed by atoms with E-state index in [2.05, 4.69) is 30.5 Å². The minimum atomic E-state index is -0.715. The van der Waals surface area contributed by atoms with Gasteiger partial charge in [-0.2, -0.15) is 15.1 Å². The Morgan fingerprint density at radius 2 is 1.89 bits per heavy atom. The van der Waals surface area contributed by atoms with Crippen molar-refractivity contribution < 1.29 is 17.9 Å². The van der Waals surface area contributed by atoms with Crippen LogP contribution in [0.5, 0.6) is 11.8 Å². The van der Waals surface area contributed by atoms with Crippen LogP contribution in [0.4, 0.5) is 30.6 Å². The van der Waals surface area contributed by atoms with E-state index in [4.69, 9.17) is 4.74 Å². The highest BCUT2D eigenvalue weighted by Gasteiger charge is 2.22. The second-order valence-electron chi connectivity index (χ2n) is 8.76. The first kappa shape index (κ1) is 24.6. The van der Waals surface area contributed by atoms with Crippen LogP contribution in [0.1, 0.15) is 18.3 Å². The average molecular weight is 513 g/mol. The second-order valence-corrected chi connectivity index (χ2v) is 8.76. The molecule has 1 saturated heterocycles. The molecule has 0 amide bonds. The highest BCUT2D eigenvalue weighted by atomic mass is 19.1. The van der Waals surface area contributed by atoms with Crippen LogP contribution in [0, 0.1) is 18.6 Å². The number of aromatic nitrogens is 5. The van der Waals surface area contributed by atoms with Gasteiger partial charge in [-0.25, -0.2) is 13.2 Å². The smallest absolute Gasteiger partial charge is 0.326 e. The van der Waals surface area contributed by atoms with E-state index in [9.17, 15) is 8.78 Å². The third-order valence-corrected chi connectivity index (χ3v) is 6.09. The highest BCUT2D eigenvalue weighted by Crippen LogP contribution is 2.33. The number of fused-ring (bicyclic) bond motifs is 1. The summed E-state index contributed by atoms with van der Waals surface area (Å²) >= 11 is 0. The third-order valence-electron chi connectivity index (χ3n) is 6.09. The topological polar surface area (TPSA) is 98.0 Å². The molecule has 4 heterocycles. The fourth-order valence-corrected chi connectivity index (χ4v) is 4.31. The third kappa shape index (κ3) is 5.38. The van der Waals surface area contributed by atoms with Gasteiger partial charge in [0.1, 0.15) is 18.3 Å². The Morgan fingerprint density at radius 1 is 1.08 bits per heavy atom. The molecule has 5 rings (SSSR count). The molecule has 1 fully saturated rings. The Bertz CT molecular complexity index is 1430. The summed E-state index contributed by atoms with van der Waals surface area (Å²) in [5, 5.41) is 10.3. The standard InChI is InChI=1S/C25H27F3N8O/c1-3-4-16-12-21(34-33-16)30-20-14-22(36-9-7-35(6-5-26)8-10-36)32-25(31-20)37-19-13-18(27)24-17(23(19)28)11-15(2)29-24/h3-4,11-14,29H,5-10H2,1-2H3,(H2,30,31,32,33,34)/b4-3+. The average Bonchev–Trinajstić information content (AvgIpc) is 3.49. The summed E-state index contributed by atoms with van der Waals surface area (Å²) in [6.45, 7) is 6.17. The predicted octanol–water partition coefficient (Wildman–Crippen LogP) is 4.93. The SMILES string of the molecule is C/C=C/c1cc(Nc2cc(N3CCN(CCF)CC3)nc(Oc3cc(F)c4[nH]c(C)cc4c3F)n2)n[nH]1. The molecular weight excluding hydrogens is 485 g/mol. The van der Waals surface area contributed by atoms with E-state index >= 15 is 4.39 Å². The molecular formula is C25H27F3N8O. The Labute approximate surface area is 211 Å². The molecule has 0 radical (unpaired) electrons. The first-order valence-corrected chi connectivity index (χ1v) is 12.0. The van der Waals surface area contributed by atoms with Gasteiger partial charge in [0, 0.05) is 62.0 Å². The van der Waals surface area contributed by atoms with E-state index in [0.717, 1.165) is 11.8 Å². The number of hydrogen-bond donors (Lipinski definition) is 3. The van der Waals surface area contributed by atoms with Gasteiger partial charge in [-0.05, 0) is 26.0 Å². The van der Waals surface area contributed by atoms with Gasteiger partial charge in [-0.1, -0.05) is 6.08 Å². The summed E-state index contributed by atoms with van der Waals surface area (Å²) < 4.78 is 48.3. The molecule has 9 nitrogen and oxygen atoms in total. The van der Waals surface area contributed by atoms with Crippen molar-refractivity contribution in [3.63, 3.8) is 0 Å². The number of nitrogens with zero attached hydrogens (tertiary/aromatic N) is 5. The molecule has 4 aromatic rings. The number of H-pyrrole nitrogens is 2. The van der Waals surface area contributed by atoms with Gasteiger partial charge < -0.3 is 19.9 Å². The summed E-state index contributed by atoms with van der Waals surface area (Å²) in [6.07, 6.45) is 3.75. The minimum Gasteiger partial charge on any atom is -0.421 e. The molecule has 37 heavy (non-hydrogen) atoms. The number of ether oxygens (including phenoxy) is 1. The maximum atomic E-state index is 15.2. The van der Waals surface area contributed by atoms with Gasteiger partial charge in [0.15, 0.2) is 23.2 Å². The Morgan fingerprint density at radius 3 is 2.65 bits per heavy atom. The van der Waals surface area contributed by atoms with Crippen molar-refractivity contribution in [3.8, 4) is 11.8 Å². The molecule has 0 bridgehead atoms. The zero-order valence-electron chi connectivity index (χ0n) is 20.5. The molecule has 1 aliphatic rings. The van der Waals surface area contributed by atoms with Crippen LogP contribution in [-0.2, 0) is 0 Å². The van der Waals surface area contributed by atoms with Crippen LogP contribution in [0.2, 0.25) is 0 Å².